The molecule has 0 radical (unpaired) electrons. The van der Waals surface area contributed by atoms with Crippen molar-refractivity contribution in [2.75, 3.05) is 0 Å². The largest absolute Gasteiger partial charge is 0.438 e. The summed E-state index contributed by atoms with van der Waals surface area (Å²) in [4.78, 5) is 16.4. The highest BCUT2D eigenvalue weighted by Gasteiger charge is 2.21. The van der Waals surface area contributed by atoms with Gasteiger partial charge in [-0.15, -0.1) is 0 Å². The van der Waals surface area contributed by atoms with Crippen LogP contribution in [0.5, 0.6) is 11.6 Å². The molecule has 25 heavy (non-hydrogen) atoms. The highest BCUT2D eigenvalue weighted by Crippen LogP contribution is 2.28. The van der Waals surface area contributed by atoms with Crippen LogP contribution in [0.4, 0.5) is 8.78 Å². The van der Waals surface area contributed by atoms with Crippen molar-refractivity contribution >= 4 is 17.5 Å². The van der Waals surface area contributed by atoms with Gasteiger partial charge >= 0.3 is 0 Å². The van der Waals surface area contributed by atoms with E-state index in [0.29, 0.717) is 0 Å². The Morgan fingerprint density at radius 1 is 1.20 bits per heavy atom. The zero-order chi connectivity index (χ0) is 17.8. The van der Waals surface area contributed by atoms with Gasteiger partial charge in [0.25, 0.3) is 5.91 Å². The average Bonchev–Trinajstić information content (AvgIpc) is 2.60. The molecule has 1 saturated carbocycles. The second kappa shape index (κ2) is 7.78. The Morgan fingerprint density at radius 2 is 1.96 bits per heavy atom. The van der Waals surface area contributed by atoms with Crippen molar-refractivity contribution in [3.8, 4) is 11.6 Å². The van der Waals surface area contributed by atoms with Crippen molar-refractivity contribution in [1.82, 2.24) is 10.3 Å². The van der Waals surface area contributed by atoms with E-state index in [2.05, 4.69) is 10.3 Å². The second-order valence-corrected chi connectivity index (χ2v) is 6.40. The molecular weight excluding hydrogens is 350 g/mol. The number of rotatable bonds is 4. The number of ether oxygens (including phenoxy) is 1. The van der Waals surface area contributed by atoms with Crippen LogP contribution in [0.25, 0.3) is 0 Å². The van der Waals surface area contributed by atoms with E-state index >= 15 is 0 Å². The van der Waals surface area contributed by atoms with Crippen molar-refractivity contribution in [1.29, 1.82) is 0 Å². The van der Waals surface area contributed by atoms with Gasteiger partial charge in [-0.3, -0.25) is 4.79 Å². The summed E-state index contributed by atoms with van der Waals surface area (Å²) >= 11 is 5.72. The molecule has 2 aromatic rings. The van der Waals surface area contributed by atoms with Gasteiger partial charge in [-0.25, -0.2) is 13.8 Å². The summed E-state index contributed by atoms with van der Waals surface area (Å²) in [5.74, 6) is -1.52. The molecule has 0 saturated heterocycles. The zero-order valence-electron chi connectivity index (χ0n) is 13.4. The molecule has 1 amide bonds. The quantitative estimate of drug-likeness (QED) is 0.840. The highest BCUT2D eigenvalue weighted by molar-refractivity contribution is 6.30. The van der Waals surface area contributed by atoms with Gasteiger partial charge in [0.05, 0.1) is 11.2 Å². The molecule has 1 aliphatic rings. The minimum absolute atomic E-state index is 0.00831. The highest BCUT2D eigenvalue weighted by atomic mass is 35.5. The second-order valence-electron chi connectivity index (χ2n) is 5.99. The van der Waals surface area contributed by atoms with E-state index in [0.717, 1.165) is 50.4 Å². The van der Waals surface area contributed by atoms with Gasteiger partial charge in [0.1, 0.15) is 22.9 Å². The predicted molar refractivity (Wildman–Crippen MR) is 90.0 cm³/mol. The molecule has 0 unspecified atom stereocenters. The Hall–Kier alpha value is -2.21. The number of carbonyl (C=O) groups excluding carboxylic acids is 1. The van der Waals surface area contributed by atoms with Gasteiger partial charge in [0.15, 0.2) is 0 Å². The summed E-state index contributed by atoms with van der Waals surface area (Å²) < 4.78 is 32.3. The molecule has 3 rings (SSSR count). The molecule has 1 aliphatic carbocycles. The smallest absolute Gasteiger partial charge is 0.257 e. The Morgan fingerprint density at radius 3 is 2.68 bits per heavy atom. The number of hydrogen-bond donors (Lipinski definition) is 1. The average molecular weight is 367 g/mol. The van der Waals surface area contributed by atoms with Crippen LogP contribution < -0.4 is 10.1 Å². The van der Waals surface area contributed by atoms with Crippen LogP contribution in [0.15, 0.2) is 30.5 Å². The maximum atomic E-state index is 13.6. The van der Waals surface area contributed by atoms with Crippen LogP contribution in [0.3, 0.4) is 0 Å². The lowest BCUT2D eigenvalue weighted by atomic mass is 9.95. The molecule has 4 nitrogen and oxygen atoms in total. The summed E-state index contributed by atoms with van der Waals surface area (Å²) in [6.45, 7) is 0. The fourth-order valence-corrected chi connectivity index (χ4v) is 3.00. The normalized spacial score (nSPS) is 15.0. The predicted octanol–water partition coefficient (Wildman–Crippen LogP) is 4.87. The molecule has 1 N–H and O–H groups in total. The number of carbonyl (C=O) groups is 1. The molecule has 0 aliphatic heterocycles. The number of aromatic nitrogens is 1. The van der Waals surface area contributed by atoms with Crippen LogP contribution >= 0.6 is 11.6 Å². The first-order chi connectivity index (χ1) is 12.0. The number of nitrogens with one attached hydrogen (secondary N) is 1. The van der Waals surface area contributed by atoms with Gasteiger partial charge in [-0.1, -0.05) is 30.9 Å². The maximum absolute atomic E-state index is 13.6. The molecule has 0 spiro atoms. The number of benzene rings is 1. The Kier molecular flexibility index (Phi) is 5.48. The van der Waals surface area contributed by atoms with E-state index in [9.17, 15) is 13.6 Å². The minimum atomic E-state index is -0.640. The lowest BCUT2D eigenvalue weighted by Crippen LogP contribution is -2.36. The monoisotopic (exact) mass is 366 g/mol. The molecule has 0 bridgehead atoms. The van der Waals surface area contributed by atoms with E-state index in [1.54, 1.807) is 0 Å². The molecule has 132 valence electrons. The van der Waals surface area contributed by atoms with Crippen molar-refractivity contribution in [3.05, 3.63) is 52.7 Å². The van der Waals surface area contributed by atoms with E-state index in [-0.39, 0.29) is 28.3 Å². The molecule has 1 aromatic heterocycles. The maximum Gasteiger partial charge on any atom is 0.257 e. The molecule has 1 fully saturated rings. The van der Waals surface area contributed by atoms with Crippen molar-refractivity contribution < 1.29 is 18.3 Å². The van der Waals surface area contributed by atoms with Crippen molar-refractivity contribution in [2.45, 2.75) is 38.1 Å². The molecule has 0 atom stereocenters. The number of amides is 1. The van der Waals surface area contributed by atoms with Crippen molar-refractivity contribution in [2.24, 2.45) is 0 Å². The number of halogens is 3. The molecule has 1 heterocycles. The first kappa shape index (κ1) is 17.6. The van der Waals surface area contributed by atoms with Gasteiger partial charge in [0.2, 0.25) is 5.88 Å². The summed E-state index contributed by atoms with van der Waals surface area (Å²) in [5, 5.41) is 2.78. The first-order valence-electron chi connectivity index (χ1n) is 8.12. The Balaban J connectivity index is 1.81. The SMILES string of the molecule is O=C(NC1CCCCC1)c1cc(F)cnc1Oc1ccc(F)c(Cl)c1. The molecule has 7 heteroatoms. The first-order valence-corrected chi connectivity index (χ1v) is 8.50. The topological polar surface area (TPSA) is 51.2 Å². The number of nitrogens with zero attached hydrogens (tertiary/aromatic N) is 1. The van der Waals surface area contributed by atoms with Crippen LogP contribution in [-0.4, -0.2) is 16.9 Å². The van der Waals surface area contributed by atoms with Gasteiger partial charge in [0, 0.05) is 12.1 Å². The van der Waals surface area contributed by atoms with Crippen LogP contribution in [0.1, 0.15) is 42.5 Å². The Bertz CT molecular complexity index is 780. The summed E-state index contributed by atoms with van der Waals surface area (Å²) in [5.41, 5.74) is -0.00831. The third-order valence-electron chi connectivity index (χ3n) is 4.11. The van der Waals surface area contributed by atoms with Crippen molar-refractivity contribution in [3.63, 3.8) is 0 Å². The van der Waals surface area contributed by atoms with E-state index in [1.165, 1.54) is 12.1 Å². The third-order valence-corrected chi connectivity index (χ3v) is 4.40. The molecule has 1 aromatic carbocycles. The molecular formula is C18H17ClF2N2O2. The zero-order valence-corrected chi connectivity index (χ0v) is 14.2. The van der Waals surface area contributed by atoms with E-state index < -0.39 is 17.5 Å². The fraction of sp³-hybridized carbons (Fsp3) is 0.333. The van der Waals surface area contributed by atoms with Gasteiger partial charge in [-0.05, 0) is 31.0 Å². The fourth-order valence-electron chi connectivity index (χ4n) is 2.83. The van der Waals surface area contributed by atoms with Gasteiger partial charge < -0.3 is 10.1 Å². The van der Waals surface area contributed by atoms with Crippen LogP contribution in [0, 0.1) is 11.6 Å². The third kappa shape index (κ3) is 4.45. The minimum Gasteiger partial charge on any atom is -0.438 e. The summed E-state index contributed by atoms with van der Waals surface area (Å²) in [6, 6.07) is 4.91. The number of pyridine rings is 1. The lowest BCUT2D eigenvalue weighted by Gasteiger charge is -2.23. The lowest BCUT2D eigenvalue weighted by molar-refractivity contribution is 0.0924. The van der Waals surface area contributed by atoms with Gasteiger partial charge in [-0.2, -0.15) is 0 Å². The summed E-state index contributed by atoms with van der Waals surface area (Å²) in [7, 11) is 0. The van der Waals surface area contributed by atoms with E-state index in [4.69, 9.17) is 16.3 Å². The van der Waals surface area contributed by atoms with E-state index in [1.807, 2.05) is 0 Å². The van der Waals surface area contributed by atoms with Crippen LogP contribution in [-0.2, 0) is 0 Å². The summed E-state index contributed by atoms with van der Waals surface area (Å²) in [6.07, 6.45) is 6.04. The van der Waals surface area contributed by atoms with Crippen LogP contribution in [0.2, 0.25) is 5.02 Å². The standard InChI is InChI=1S/C18H17ClF2N2O2/c19-15-9-13(6-7-16(15)21)25-18-14(8-11(20)10-22-18)17(24)23-12-4-2-1-3-5-12/h6-10,12H,1-5H2,(H,23,24). The number of hydrogen-bond acceptors (Lipinski definition) is 3. The Labute approximate surface area is 149 Å².